The number of halogens is 1. The summed E-state index contributed by atoms with van der Waals surface area (Å²) in [6.07, 6.45) is 0. The Kier molecular flexibility index (Phi) is 6.23. The Balaban J connectivity index is 1.56. The molecule has 3 aromatic rings. The van der Waals surface area contributed by atoms with Crippen molar-refractivity contribution in [1.82, 2.24) is 5.43 Å². The van der Waals surface area contributed by atoms with Crippen LogP contribution in [0.25, 0.3) is 11.1 Å². The molecule has 0 aromatic heterocycles. The Labute approximate surface area is 163 Å². The topological polar surface area (TPSA) is 50.7 Å². The molecule has 0 atom stereocenters. The van der Waals surface area contributed by atoms with Gasteiger partial charge in [-0.1, -0.05) is 72.3 Å². The molecule has 0 unspecified atom stereocenters. The van der Waals surface area contributed by atoms with Crippen LogP contribution in [0.15, 0.2) is 84.0 Å². The molecule has 0 aliphatic carbocycles. The second-order valence-corrected chi connectivity index (χ2v) is 6.36. The van der Waals surface area contributed by atoms with E-state index in [0.29, 0.717) is 16.5 Å². The Morgan fingerprint density at radius 2 is 1.67 bits per heavy atom. The zero-order chi connectivity index (χ0) is 19.1. The predicted molar refractivity (Wildman–Crippen MR) is 109 cm³/mol. The van der Waals surface area contributed by atoms with Crippen molar-refractivity contribution in [3.63, 3.8) is 0 Å². The second kappa shape index (κ2) is 9.01. The van der Waals surface area contributed by atoms with Crippen molar-refractivity contribution in [2.45, 2.75) is 6.92 Å². The van der Waals surface area contributed by atoms with Crippen LogP contribution in [0.2, 0.25) is 5.02 Å². The van der Waals surface area contributed by atoms with Gasteiger partial charge < -0.3 is 4.74 Å². The van der Waals surface area contributed by atoms with Crippen LogP contribution in [-0.4, -0.2) is 18.2 Å². The fraction of sp³-hybridized carbons (Fsp3) is 0.0909. The molecule has 4 nitrogen and oxygen atoms in total. The van der Waals surface area contributed by atoms with Gasteiger partial charge >= 0.3 is 0 Å². The number of rotatable bonds is 6. The summed E-state index contributed by atoms with van der Waals surface area (Å²) in [4.78, 5) is 11.9. The predicted octanol–water partition coefficient (Wildman–Crippen LogP) is 4.93. The third-order valence-electron chi connectivity index (χ3n) is 3.92. The van der Waals surface area contributed by atoms with E-state index in [-0.39, 0.29) is 12.5 Å². The fourth-order valence-electron chi connectivity index (χ4n) is 2.48. The molecule has 5 heteroatoms. The van der Waals surface area contributed by atoms with Crippen molar-refractivity contribution >= 4 is 23.2 Å². The van der Waals surface area contributed by atoms with E-state index < -0.39 is 0 Å². The van der Waals surface area contributed by atoms with E-state index in [0.717, 1.165) is 16.7 Å². The average Bonchev–Trinajstić information content (AvgIpc) is 2.71. The Hall–Kier alpha value is -3.11. The number of amides is 1. The van der Waals surface area contributed by atoms with Crippen LogP contribution in [0.3, 0.4) is 0 Å². The highest BCUT2D eigenvalue weighted by molar-refractivity contribution is 6.30. The van der Waals surface area contributed by atoms with E-state index in [1.807, 2.05) is 49.4 Å². The number of ether oxygens (including phenoxy) is 1. The maximum Gasteiger partial charge on any atom is 0.277 e. The first kappa shape index (κ1) is 18.7. The number of hydrogen-bond donors (Lipinski definition) is 1. The highest BCUT2D eigenvalue weighted by Crippen LogP contribution is 2.19. The first-order valence-electron chi connectivity index (χ1n) is 8.49. The monoisotopic (exact) mass is 378 g/mol. The normalized spacial score (nSPS) is 11.1. The molecular formula is C22H19ClN2O2. The van der Waals surface area contributed by atoms with Crippen molar-refractivity contribution < 1.29 is 9.53 Å². The molecule has 136 valence electrons. The van der Waals surface area contributed by atoms with Gasteiger partial charge in [0.2, 0.25) is 0 Å². The van der Waals surface area contributed by atoms with Gasteiger partial charge in [-0.15, -0.1) is 0 Å². The van der Waals surface area contributed by atoms with Gasteiger partial charge in [-0.3, -0.25) is 4.79 Å². The van der Waals surface area contributed by atoms with Crippen LogP contribution < -0.4 is 10.2 Å². The molecule has 0 bridgehead atoms. The van der Waals surface area contributed by atoms with Gasteiger partial charge in [0.25, 0.3) is 5.91 Å². The first-order valence-corrected chi connectivity index (χ1v) is 8.87. The third-order valence-corrected chi connectivity index (χ3v) is 4.16. The molecule has 0 spiro atoms. The number of nitrogens with zero attached hydrogens (tertiary/aromatic N) is 1. The Bertz CT molecular complexity index is 938. The van der Waals surface area contributed by atoms with Gasteiger partial charge in [0.05, 0.1) is 5.71 Å². The van der Waals surface area contributed by atoms with E-state index in [1.54, 1.807) is 24.3 Å². The van der Waals surface area contributed by atoms with E-state index in [9.17, 15) is 4.79 Å². The van der Waals surface area contributed by atoms with E-state index in [4.69, 9.17) is 16.3 Å². The van der Waals surface area contributed by atoms with Gasteiger partial charge in [-0.2, -0.15) is 5.10 Å². The number of hydrogen-bond acceptors (Lipinski definition) is 3. The summed E-state index contributed by atoms with van der Waals surface area (Å²) < 4.78 is 5.39. The molecular weight excluding hydrogens is 360 g/mol. The number of carbonyl (C=O) groups excluding carboxylic acids is 1. The number of hydrazone groups is 1. The lowest BCUT2D eigenvalue weighted by atomic mass is 10.0. The first-order chi connectivity index (χ1) is 13.1. The molecule has 1 N–H and O–H groups in total. The fourth-order valence-corrected chi connectivity index (χ4v) is 2.66. The van der Waals surface area contributed by atoms with Crippen LogP contribution >= 0.6 is 11.6 Å². The molecule has 0 aliphatic rings. The average molecular weight is 379 g/mol. The summed E-state index contributed by atoms with van der Waals surface area (Å²) in [6.45, 7) is 1.71. The van der Waals surface area contributed by atoms with Crippen molar-refractivity contribution in [2.75, 3.05) is 6.61 Å². The largest absolute Gasteiger partial charge is 0.484 e. The van der Waals surface area contributed by atoms with Crippen LogP contribution in [0.4, 0.5) is 0 Å². The van der Waals surface area contributed by atoms with Crippen molar-refractivity contribution in [3.8, 4) is 16.9 Å². The van der Waals surface area contributed by atoms with Crippen LogP contribution in [0.5, 0.6) is 5.75 Å². The van der Waals surface area contributed by atoms with E-state index >= 15 is 0 Å². The summed E-state index contributed by atoms with van der Waals surface area (Å²) in [5, 5.41) is 4.69. The van der Waals surface area contributed by atoms with Gasteiger partial charge in [-0.25, -0.2) is 5.43 Å². The summed E-state index contributed by atoms with van der Waals surface area (Å²) >= 11 is 5.88. The van der Waals surface area contributed by atoms with Crippen LogP contribution in [0.1, 0.15) is 12.5 Å². The van der Waals surface area contributed by atoms with E-state index in [2.05, 4.69) is 22.7 Å². The summed E-state index contributed by atoms with van der Waals surface area (Å²) in [5.74, 6) is 0.199. The zero-order valence-electron chi connectivity index (χ0n) is 14.9. The lowest BCUT2D eigenvalue weighted by Gasteiger charge is -2.07. The SMILES string of the molecule is C/C(=N/NC(=O)COc1cccc(Cl)c1)c1ccc(-c2ccccc2)cc1. The molecule has 0 fully saturated rings. The lowest BCUT2D eigenvalue weighted by Crippen LogP contribution is -2.25. The third kappa shape index (κ3) is 5.43. The van der Waals surface area contributed by atoms with Gasteiger partial charge in [-0.05, 0) is 41.8 Å². The van der Waals surface area contributed by atoms with Gasteiger partial charge in [0.15, 0.2) is 6.61 Å². The molecule has 0 heterocycles. The van der Waals surface area contributed by atoms with Crippen molar-refractivity contribution in [3.05, 3.63) is 89.4 Å². The molecule has 27 heavy (non-hydrogen) atoms. The van der Waals surface area contributed by atoms with E-state index in [1.165, 1.54) is 0 Å². The summed E-state index contributed by atoms with van der Waals surface area (Å²) in [7, 11) is 0. The molecule has 0 radical (unpaired) electrons. The number of carbonyl (C=O) groups is 1. The smallest absolute Gasteiger partial charge is 0.277 e. The maximum absolute atomic E-state index is 11.9. The minimum absolute atomic E-state index is 0.135. The standard InChI is InChI=1S/C22H19ClN2O2/c1-16(17-10-12-19(13-11-17)18-6-3-2-4-7-18)24-25-22(26)15-27-21-9-5-8-20(23)14-21/h2-14H,15H2,1H3,(H,25,26)/b24-16-. The molecule has 0 saturated heterocycles. The molecule has 3 aromatic carbocycles. The Morgan fingerprint density at radius 1 is 0.963 bits per heavy atom. The maximum atomic E-state index is 11.9. The molecule has 0 aliphatic heterocycles. The highest BCUT2D eigenvalue weighted by Gasteiger charge is 2.04. The number of benzene rings is 3. The minimum atomic E-state index is -0.338. The summed E-state index contributed by atoms with van der Waals surface area (Å²) in [6, 6.07) is 25.1. The second-order valence-electron chi connectivity index (χ2n) is 5.92. The molecule has 1 amide bonds. The quantitative estimate of drug-likeness (QED) is 0.488. The molecule has 3 rings (SSSR count). The van der Waals surface area contributed by atoms with Gasteiger partial charge in [0, 0.05) is 5.02 Å². The Morgan fingerprint density at radius 3 is 2.37 bits per heavy atom. The minimum Gasteiger partial charge on any atom is -0.484 e. The van der Waals surface area contributed by atoms with Crippen molar-refractivity contribution in [2.24, 2.45) is 5.10 Å². The van der Waals surface area contributed by atoms with Crippen LogP contribution in [-0.2, 0) is 4.79 Å². The highest BCUT2D eigenvalue weighted by atomic mass is 35.5. The van der Waals surface area contributed by atoms with Crippen LogP contribution in [0, 0.1) is 0 Å². The number of nitrogens with one attached hydrogen (secondary N) is 1. The van der Waals surface area contributed by atoms with Crippen molar-refractivity contribution in [1.29, 1.82) is 0 Å². The zero-order valence-corrected chi connectivity index (χ0v) is 15.6. The molecule has 0 saturated carbocycles. The lowest BCUT2D eigenvalue weighted by molar-refractivity contribution is -0.123. The van der Waals surface area contributed by atoms with Gasteiger partial charge in [0.1, 0.15) is 5.75 Å². The summed E-state index contributed by atoms with van der Waals surface area (Å²) in [5.41, 5.74) is 6.44.